The molecular formula is C18H21N5O3. The molecule has 8 heteroatoms. The first kappa shape index (κ1) is 17.5. The Morgan fingerprint density at radius 2 is 1.92 bits per heavy atom. The number of nitrogen functional groups attached to an aromatic ring is 1. The van der Waals surface area contributed by atoms with E-state index in [1.807, 2.05) is 50.3 Å². The van der Waals surface area contributed by atoms with Crippen LogP contribution in [0.25, 0.3) is 11.2 Å². The highest BCUT2D eigenvalue weighted by molar-refractivity contribution is 5.81. The fourth-order valence-electron chi connectivity index (χ4n) is 2.56. The molecule has 0 fully saturated rings. The molecule has 0 amide bonds. The average molecular weight is 355 g/mol. The smallest absolute Gasteiger partial charge is 0.328 e. The van der Waals surface area contributed by atoms with E-state index in [-0.39, 0.29) is 24.1 Å². The van der Waals surface area contributed by atoms with Crippen molar-refractivity contribution >= 4 is 17.0 Å². The van der Waals surface area contributed by atoms with Gasteiger partial charge in [0.05, 0.1) is 6.54 Å². The van der Waals surface area contributed by atoms with Crippen molar-refractivity contribution in [3.8, 4) is 11.8 Å². The molecule has 26 heavy (non-hydrogen) atoms. The maximum atomic E-state index is 12.3. The Hall–Kier alpha value is -3.29. The molecule has 4 bridgehead atoms. The maximum Gasteiger partial charge on any atom is 0.328 e. The maximum absolute atomic E-state index is 12.3. The standard InChI is InChI=1S/C16H15N5O3.C2H6/c17-13-12-14-20-15(19-13)24-7-2-1-6-23-11-5-3-4-10(8-11)9-21(14)16(22)18-12;1-2/h1-5,8H,6-7,9H2,(H,18,22)(H2,17,19,20);1-2H3/b2-1+;. The first-order chi connectivity index (χ1) is 12.7. The molecule has 3 N–H and O–H groups in total. The summed E-state index contributed by atoms with van der Waals surface area (Å²) in [7, 11) is 0. The van der Waals surface area contributed by atoms with E-state index in [2.05, 4.69) is 15.0 Å². The highest BCUT2D eigenvalue weighted by Gasteiger charge is 2.15. The van der Waals surface area contributed by atoms with Crippen LogP contribution in [0, 0.1) is 0 Å². The van der Waals surface area contributed by atoms with E-state index >= 15 is 0 Å². The van der Waals surface area contributed by atoms with Crippen molar-refractivity contribution in [2.75, 3.05) is 18.9 Å². The van der Waals surface area contributed by atoms with Gasteiger partial charge < -0.3 is 20.2 Å². The predicted molar refractivity (Wildman–Crippen MR) is 99.6 cm³/mol. The Labute approximate surface area is 150 Å². The summed E-state index contributed by atoms with van der Waals surface area (Å²) in [6.07, 6.45) is 3.66. The second kappa shape index (κ2) is 7.73. The van der Waals surface area contributed by atoms with E-state index < -0.39 is 0 Å². The number of anilines is 1. The van der Waals surface area contributed by atoms with Crippen molar-refractivity contribution < 1.29 is 9.47 Å². The number of ether oxygens (including phenoxy) is 2. The van der Waals surface area contributed by atoms with Gasteiger partial charge in [0, 0.05) is 0 Å². The van der Waals surface area contributed by atoms with Crippen molar-refractivity contribution in [1.29, 1.82) is 0 Å². The molecule has 8 nitrogen and oxygen atoms in total. The number of imidazole rings is 1. The molecule has 136 valence electrons. The summed E-state index contributed by atoms with van der Waals surface area (Å²) in [5.41, 5.74) is 7.35. The third-order valence-corrected chi connectivity index (χ3v) is 3.69. The number of hydrogen-bond acceptors (Lipinski definition) is 6. The number of aromatic amines is 1. The third-order valence-electron chi connectivity index (χ3n) is 3.69. The lowest BCUT2D eigenvalue weighted by Gasteiger charge is -2.09. The second-order valence-corrected chi connectivity index (χ2v) is 5.35. The Morgan fingerprint density at radius 1 is 1.15 bits per heavy atom. The van der Waals surface area contributed by atoms with E-state index in [1.165, 1.54) is 4.57 Å². The number of benzene rings is 1. The van der Waals surface area contributed by atoms with Gasteiger partial charge in [-0.1, -0.05) is 26.0 Å². The van der Waals surface area contributed by atoms with Crippen molar-refractivity contribution in [2.24, 2.45) is 0 Å². The fourth-order valence-corrected chi connectivity index (χ4v) is 2.56. The van der Waals surface area contributed by atoms with Gasteiger partial charge >= 0.3 is 11.7 Å². The normalized spacial score (nSPS) is 14.5. The Bertz CT molecular complexity index is 990. The summed E-state index contributed by atoms with van der Waals surface area (Å²) in [5.74, 6) is 0.914. The zero-order valence-electron chi connectivity index (χ0n) is 14.7. The highest BCUT2D eigenvalue weighted by Crippen LogP contribution is 2.20. The monoisotopic (exact) mass is 355 g/mol. The van der Waals surface area contributed by atoms with Gasteiger partial charge in [-0.2, -0.15) is 9.97 Å². The van der Waals surface area contributed by atoms with Crippen LogP contribution in [0.4, 0.5) is 5.82 Å². The van der Waals surface area contributed by atoms with Crippen LogP contribution in [0.3, 0.4) is 0 Å². The molecule has 0 saturated heterocycles. The van der Waals surface area contributed by atoms with Crippen molar-refractivity contribution in [1.82, 2.24) is 19.5 Å². The third kappa shape index (κ3) is 3.53. The summed E-state index contributed by atoms with van der Waals surface area (Å²) >= 11 is 0. The lowest BCUT2D eigenvalue weighted by atomic mass is 10.2. The van der Waals surface area contributed by atoms with Crippen molar-refractivity contribution in [2.45, 2.75) is 20.4 Å². The lowest BCUT2D eigenvalue weighted by molar-refractivity contribution is 0.330. The number of nitrogens with one attached hydrogen (secondary N) is 1. The first-order valence-corrected chi connectivity index (χ1v) is 8.46. The number of fused-ring (bicyclic) bond motifs is 3. The first-order valence-electron chi connectivity index (χ1n) is 8.46. The van der Waals surface area contributed by atoms with Crippen LogP contribution >= 0.6 is 0 Å². The number of H-pyrrole nitrogens is 1. The average Bonchev–Trinajstić information content (AvgIpc) is 2.96. The van der Waals surface area contributed by atoms with Gasteiger partial charge in [0.1, 0.15) is 24.5 Å². The van der Waals surface area contributed by atoms with Crippen molar-refractivity contribution in [3.05, 3.63) is 52.5 Å². The van der Waals surface area contributed by atoms with Gasteiger partial charge in [-0.3, -0.25) is 4.57 Å². The molecular weight excluding hydrogens is 334 g/mol. The van der Waals surface area contributed by atoms with E-state index in [4.69, 9.17) is 15.2 Å². The molecule has 0 radical (unpaired) electrons. The molecule has 1 aliphatic heterocycles. The van der Waals surface area contributed by atoms with E-state index in [1.54, 1.807) is 0 Å². The Morgan fingerprint density at radius 3 is 2.73 bits per heavy atom. The molecule has 1 aromatic carbocycles. The molecule has 1 aliphatic rings. The summed E-state index contributed by atoms with van der Waals surface area (Å²) in [6.45, 7) is 5.04. The number of hydrogen-bond donors (Lipinski definition) is 2. The molecule has 2 aromatic heterocycles. The van der Waals surface area contributed by atoms with Crippen LogP contribution in [-0.4, -0.2) is 32.7 Å². The minimum absolute atomic E-state index is 0.129. The van der Waals surface area contributed by atoms with Crippen LogP contribution in [0.15, 0.2) is 41.2 Å². The molecule has 0 atom stereocenters. The molecule has 4 rings (SSSR count). The van der Waals surface area contributed by atoms with Gasteiger partial charge in [0.25, 0.3) is 0 Å². The van der Waals surface area contributed by atoms with Gasteiger partial charge in [-0.15, -0.1) is 0 Å². The van der Waals surface area contributed by atoms with E-state index in [9.17, 15) is 4.79 Å². The van der Waals surface area contributed by atoms with Gasteiger partial charge in [0.15, 0.2) is 11.5 Å². The molecule has 3 aromatic rings. The van der Waals surface area contributed by atoms with Crippen molar-refractivity contribution in [3.63, 3.8) is 0 Å². The minimum atomic E-state index is -0.304. The Balaban J connectivity index is 0.000000948. The van der Waals surface area contributed by atoms with Gasteiger partial charge in [0.2, 0.25) is 0 Å². The zero-order chi connectivity index (χ0) is 18.5. The van der Waals surface area contributed by atoms with Crippen LogP contribution in [0.5, 0.6) is 11.8 Å². The largest absolute Gasteiger partial charge is 0.490 e. The molecule has 0 unspecified atom stereocenters. The molecule has 0 aliphatic carbocycles. The van der Waals surface area contributed by atoms with Gasteiger partial charge in [-0.05, 0) is 29.8 Å². The summed E-state index contributed by atoms with van der Waals surface area (Å²) in [6, 6.07) is 7.70. The van der Waals surface area contributed by atoms with Crippen LogP contribution in [0.2, 0.25) is 0 Å². The lowest BCUT2D eigenvalue weighted by Crippen LogP contribution is -2.18. The quantitative estimate of drug-likeness (QED) is 0.598. The summed E-state index contributed by atoms with van der Waals surface area (Å²) in [4.78, 5) is 23.4. The van der Waals surface area contributed by atoms with Crippen LogP contribution in [0.1, 0.15) is 19.4 Å². The number of aromatic nitrogens is 4. The molecule has 0 spiro atoms. The molecule has 0 saturated carbocycles. The zero-order valence-corrected chi connectivity index (χ0v) is 14.7. The topological polar surface area (TPSA) is 108 Å². The Kier molecular flexibility index (Phi) is 5.21. The second-order valence-electron chi connectivity index (χ2n) is 5.35. The number of nitrogens with zero attached hydrogens (tertiary/aromatic N) is 3. The molecule has 3 heterocycles. The number of rotatable bonds is 0. The van der Waals surface area contributed by atoms with Gasteiger partial charge in [-0.25, -0.2) is 4.79 Å². The van der Waals surface area contributed by atoms with Crippen LogP contribution < -0.4 is 20.9 Å². The fraction of sp³-hybridized carbons (Fsp3) is 0.278. The van der Waals surface area contributed by atoms with Crippen LogP contribution in [-0.2, 0) is 6.54 Å². The van der Waals surface area contributed by atoms with E-state index in [0.717, 1.165) is 11.3 Å². The highest BCUT2D eigenvalue weighted by atomic mass is 16.5. The SMILES string of the molecule is CC.Nc1nc2nc3c1[nH]c(=O)n3Cc1cccc(c1)OC/C=C/CO2. The summed E-state index contributed by atoms with van der Waals surface area (Å²) in [5, 5.41) is 0. The van der Waals surface area contributed by atoms with E-state index in [0.29, 0.717) is 24.3 Å². The summed E-state index contributed by atoms with van der Waals surface area (Å²) < 4.78 is 12.6. The minimum Gasteiger partial charge on any atom is -0.490 e. The predicted octanol–water partition coefficient (Wildman–Crippen LogP) is 2.10. The number of nitrogens with two attached hydrogens (primary N) is 1.